The normalized spacial score (nSPS) is 12.1. The molecule has 5 heteroatoms. The molecule has 0 bridgehead atoms. The van der Waals surface area contributed by atoms with Gasteiger partial charge in [0.1, 0.15) is 5.82 Å². The van der Waals surface area contributed by atoms with Crippen molar-refractivity contribution in [3.63, 3.8) is 0 Å². The van der Waals surface area contributed by atoms with E-state index in [1.165, 1.54) is 6.07 Å². The number of para-hydroxylation sites is 1. The largest absolute Gasteiger partial charge is 0.377 e. The molecule has 0 aliphatic heterocycles. The molecule has 112 valence electrons. The lowest BCUT2D eigenvalue weighted by molar-refractivity contribution is 0.600. The quantitative estimate of drug-likeness (QED) is 0.765. The van der Waals surface area contributed by atoms with Gasteiger partial charge in [-0.25, -0.2) is 4.39 Å². The maximum Gasteiger partial charge on any atom is 0.128 e. The lowest BCUT2D eigenvalue weighted by Gasteiger charge is -2.23. The van der Waals surface area contributed by atoms with Crippen LogP contribution in [0.5, 0.6) is 0 Å². The molecule has 0 heterocycles. The first kappa shape index (κ1) is 16.1. The van der Waals surface area contributed by atoms with Gasteiger partial charge in [-0.1, -0.05) is 33.6 Å². The number of benzene rings is 2. The summed E-state index contributed by atoms with van der Waals surface area (Å²) in [6.45, 7) is 1.92. The van der Waals surface area contributed by atoms with Gasteiger partial charge >= 0.3 is 0 Å². The van der Waals surface area contributed by atoms with Crippen LogP contribution in [-0.2, 0) is 0 Å². The fourth-order valence-electron chi connectivity index (χ4n) is 2.24. The topological polar surface area (TPSA) is 15.3 Å². The van der Waals surface area contributed by atoms with Crippen LogP contribution < -0.4 is 10.2 Å². The first-order chi connectivity index (χ1) is 9.90. The minimum Gasteiger partial charge on any atom is -0.377 e. The first-order valence-corrected chi connectivity index (χ1v) is 7.74. The molecular formula is C16H17BrClFN2. The predicted octanol–water partition coefficient (Wildman–Crippen LogP) is 5.48. The molecule has 0 radical (unpaired) electrons. The molecule has 2 aromatic carbocycles. The lowest BCUT2D eigenvalue weighted by Crippen LogP contribution is -2.15. The number of halogens is 3. The van der Waals surface area contributed by atoms with Gasteiger partial charge in [-0.05, 0) is 37.3 Å². The average molecular weight is 372 g/mol. The van der Waals surface area contributed by atoms with Gasteiger partial charge in [-0.2, -0.15) is 0 Å². The van der Waals surface area contributed by atoms with Crippen LogP contribution in [0.4, 0.5) is 15.8 Å². The van der Waals surface area contributed by atoms with Gasteiger partial charge in [0, 0.05) is 24.1 Å². The van der Waals surface area contributed by atoms with Crippen LogP contribution >= 0.6 is 27.5 Å². The second-order valence-electron chi connectivity index (χ2n) is 5.06. The van der Waals surface area contributed by atoms with Crippen LogP contribution in [-0.4, -0.2) is 14.1 Å². The summed E-state index contributed by atoms with van der Waals surface area (Å²) in [4.78, 5) is 1.94. The van der Waals surface area contributed by atoms with Crippen LogP contribution in [0, 0.1) is 5.82 Å². The van der Waals surface area contributed by atoms with E-state index in [1.807, 2.05) is 44.1 Å². The van der Waals surface area contributed by atoms with Crippen molar-refractivity contribution in [3.8, 4) is 0 Å². The summed E-state index contributed by atoms with van der Waals surface area (Å²) in [7, 11) is 3.85. The number of hydrogen-bond acceptors (Lipinski definition) is 2. The van der Waals surface area contributed by atoms with Crippen molar-refractivity contribution in [2.45, 2.75) is 13.0 Å². The number of nitrogens with one attached hydrogen (secondary N) is 1. The van der Waals surface area contributed by atoms with E-state index in [-0.39, 0.29) is 11.9 Å². The van der Waals surface area contributed by atoms with E-state index in [0.717, 1.165) is 15.8 Å². The van der Waals surface area contributed by atoms with Crippen molar-refractivity contribution in [2.75, 3.05) is 24.3 Å². The monoisotopic (exact) mass is 370 g/mol. The molecule has 0 saturated heterocycles. The minimum atomic E-state index is -0.230. The summed E-state index contributed by atoms with van der Waals surface area (Å²) in [5, 5.41) is 3.99. The molecule has 2 nitrogen and oxygen atoms in total. The molecule has 21 heavy (non-hydrogen) atoms. The molecule has 0 saturated carbocycles. The number of rotatable bonds is 4. The Balaban J connectivity index is 2.34. The van der Waals surface area contributed by atoms with Crippen molar-refractivity contribution in [2.24, 2.45) is 0 Å². The molecule has 1 unspecified atom stereocenters. The van der Waals surface area contributed by atoms with E-state index >= 15 is 0 Å². The summed E-state index contributed by atoms with van der Waals surface area (Å²) < 4.78 is 14.8. The van der Waals surface area contributed by atoms with E-state index < -0.39 is 0 Å². The molecule has 2 aromatic rings. The number of hydrogen-bond donors (Lipinski definition) is 1. The summed E-state index contributed by atoms with van der Waals surface area (Å²) in [6.07, 6.45) is 0. The molecule has 2 rings (SSSR count). The van der Waals surface area contributed by atoms with Gasteiger partial charge in [0.15, 0.2) is 0 Å². The second kappa shape index (κ2) is 6.67. The van der Waals surface area contributed by atoms with E-state index in [1.54, 1.807) is 12.1 Å². The molecule has 1 N–H and O–H groups in total. The lowest BCUT2D eigenvalue weighted by atomic mass is 10.1. The highest BCUT2D eigenvalue weighted by molar-refractivity contribution is 9.10. The molecule has 0 aliphatic rings. The Bertz CT molecular complexity index is 646. The summed E-state index contributed by atoms with van der Waals surface area (Å²) in [5.74, 6) is -0.230. The first-order valence-electron chi connectivity index (χ1n) is 6.57. The Hall–Kier alpha value is -1.26. The zero-order valence-corrected chi connectivity index (χ0v) is 14.5. The Morgan fingerprint density at radius 1 is 1.24 bits per heavy atom. The smallest absolute Gasteiger partial charge is 0.128 e. The fourth-order valence-corrected chi connectivity index (χ4v) is 2.97. The summed E-state index contributed by atoms with van der Waals surface area (Å²) >= 11 is 9.62. The van der Waals surface area contributed by atoms with Crippen LogP contribution in [0.1, 0.15) is 18.5 Å². The summed E-state index contributed by atoms with van der Waals surface area (Å²) in [6, 6.07) is 10.4. The second-order valence-corrected chi connectivity index (χ2v) is 6.39. The van der Waals surface area contributed by atoms with Gasteiger partial charge in [-0.3, -0.25) is 0 Å². The Labute approximate surface area is 138 Å². The minimum absolute atomic E-state index is 0.181. The number of nitrogens with zero attached hydrogens (tertiary/aromatic N) is 1. The summed E-state index contributed by atoms with van der Waals surface area (Å²) in [5.41, 5.74) is 2.37. The zero-order valence-electron chi connectivity index (χ0n) is 12.1. The van der Waals surface area contributed by atoms with Crippen LogP contribution in [0.3, 0.4) is 0 Å². The molecule has 1 atom stereocenters. The number of anilines is 2. The fraction of sp³-hybridized carbons (Fsp3) is 0.250. The molecule has 0 amide bonds. The van der Waals surface area contributed by atoms with Crippen LogP contribution in [0.15, 0.2) is 40.9 Å². The SMILES string of the molecule is CC(Nc1cccc(Cl)c1N(C)C)c1cc(Br)ccc1F. The highest BCUT2D eigenvalue weighted by Gasteiger charge is 2.15. The highest BCUT2D eigenvalue weighted by atomic mass is 79.9. The maximum absolute atomic E-state index is 14.0. The van der Waals surface area contributed by atoms with Gasteiger partial charge in [-0.15, -0.1) is 0 Å². The Morgan fingerprint density at radius 3 is 2.62 bits per heavy atom. The zero-order chi connectivity index (χ0) is 15.6. The average Bonchev–Trinajstić information content (AvgIpc) is 2.41. The third-order valence-electron chi connectivity index (χ3n) is 3.23. The molecule has 0 aromatic heterocycles. The van der Waals surface area contributed by atoms with Crippen molar-refractivity contribution in [1.29, 1.82) is 0 Å². The third-order valence-corrected chi connectivity index (χ3v) is 4.03. The van der Waals surface area contributed by atoms with Crippen molar-refractivity contribution >= 4 is 38.9 Å². The molecule has 0 aliphatic carbocycles. The Morgan fingerprint density at radius 2 is 1.95 bits per heavy atom. The Kier molecular flexibility index (Phi) is 5.12. The molecular weight excluding hydrogens is 355 g/mol. The van der Waals surface area contributed by atoms with Crippen molar-refractivity contribution in [1.82, 2.24) is 0 Å². The van der Waals surface area contributed by atoms with Gasteiger partial charge < -0.3 is 10.2 Å². The molecule has 0 spiro atoms. The molecule has 0 fully saturated rings. The third kappa shape index (κ3) is 3.69. The van der Waals surface area contributed by atoms with E-state index in [9.17, 15) is 4.39 Å². The van der Waals surface area contributed by atoms with Crippen LogP contribution in [0.25, 0.3) is 0 Å². The van der Waals surface area contributed by atoms with E-state index in [2.05, 4.69) is 21.2 Å². The highest BCUT2D eigenvalue weighted by Crippen LogP contribution is 2.35. The van der Waals surface area contributed by atoms with Gasteiger partial charge in [0.25, 0.3) is 0 Å². The standard InChI is InChI=1S/C16H17BrClFN2/c1-10(12-9-11(17)7-8-14(12)19)20-15-6-4-5-13(18)16(15)21(2)3/h4-10,20H,1-3H3. The van der Waals surface area contributed by atoms with Crippen molar-refractivity contribution < 1.29 is 4.39 Å². The maximum atomic E-state index is 14.0. The predicted molar refractivity (Wildman–Crippen MR) is 91.9 cm³/mol. The van der Waals surface area contributed by atoms with Crippen molar-refractivity contribution in [3.05, 3.63) is 57.3 Å². The van der Waals surface area contributed by atoms with E-state index in [0.29, 0.717) is 10.6 Å². The van der Waals surface area contributed by atoms with E-state index in [4.69, 9.17) is 11.6 Å². The van der Waals surface area contributed by atoms with Crippen LogP contribution in [0.2, 0.25) is 5.02 Å². The van der Waals surface area contributed by atoms with Gasteiger partial charge in [0.2, 0.25) is 0 Å². The van der Waals surface area contributed by atoms with Gasteiger partial charge in [0.05, 0.1) is 22.4 Å².